The highest BCUT2D eigenvalue weighted by atomic mass is 35.7. The van der Waals surface area contributed by atoms with E-state index < -0.39 is 9.05 Å². The van der Waals surface area contributed by atoms with Crippen molar-refractivity contribution in [3.63, 3.8) is 0 Å². The van der Waals surface area contributed by atoms with Crippen molar-refractivity contribution in [3.8, 4) is 5.75 Å². The molecule has 1 aromatic rings. The van der Waals surface area contributed by atoms with E-state index in [2.05, 4.69) is 0 Å². The Morgan fingerprint density at radius 1 is 1.19 bits per heavy atom. The molecule has 0 saturated carbocycles. The van der Waals surface area contributed by atoms with E-state index in [1.54, 1.807) is 0 Å². The molecule has 1 atom stereocenters. The van der Waals surface area contributed by atoms with Gasteiger partial charge in [-0.15, -0.1) is 0 Å². The molecular weight excluding hydrogens is 331 g/mol. The Morgan fingerprint density at radius 2 is 1.67 bits per heavy atom. The summed E-state index contributed by atoms with van der Waals surface area (Å²) in [5.74, 6) is 0.444. The van der Waals surface area contributed by atoms with Crippen LogP contribution < -0.4 is 4.74 Å². The molecule has 1 aromatic carbocycles. The maximum Gasteiger partial charge on any atom is 0.233 e. The third-order valence-corrected chi connectivity index (χ3v) is 4.88. The Hall–Kier alpha value is -0.450. The monoisotopic (exact) mass is 352 g/mol. The van der Waals surface area contributed by atoms with Gasteiger partial charge in [0.15, 0.2) is 0 Å². The van der Waals surface area contributed by atoms with Gasteiger partial charge in [0.25, 0.3) is 0 Å². The fourth-order valence-corrected chi connectivity index (χ4v) is 3.96. The minimum atomic E-state index is -3.57. The quantitative estimate of drug-likeness (QED) is 0.729. The van der Waals surface area contributed by atoms with Crippen molar-refractivity contribution in [2.75, 3.05) is 12.4 Å². The molecule has 0 bridgehead atoms. The molecule has 0 aromatic heterocycles. The van der Waals surface area contributed by atoms with Gasteiger partial charge in [0, 0.05) is 21.6 Å². The summed E-state index contributed by atoms with van der Waals surface area (Å²) in [5, 5.41) is 0.660. The van der Waals surface area contributed by atoms with Gasteiger partial charge < -0.3 is 4.74 Å². The van der Waals surface area contributed by atoms with Crippen molar-refractivity contribution in [1.82, 2.24) is 0 Å². The molecule has 3 nitrogen and oxygen atoms in total. The Labute approximate surface area is 137 Å². The predicted octanol–water partition coefficient (Wildman–Crippen LogP) is 4.57. The minimum absolute atomic E-state index is 0.107. The summed E-state index contributed by atoms with van der Waals surface area (Å²) >= 11 is 5.99. The van der Waals surface area contributed by atoms with Crippen molar-refractivity contribution < 1.29 is 13.2 Å². The Bertz CT molecular complexity index is 581. The van der Waals surface area contributed by atoms with Gasteiger partial charge in [0.1, 0.15) is 5.75 Å². The number of hydrogen-bond acceptors (Lipinski definition) is 3. The van der Waals surface area contributed by atoms with Gasteiger partial charge in [-0.2, -0.15) is 0 Å². The molecule has 0 aliphatic rings. The second-order valence-corrected chi connectivity index (χ2v) is 9.71. The first kappa shape index (κ1) is 18.6. The number of hydrogen-bond donors (Lipinski definition) is 0. The Morgan fingerprint density at radius 3 is 2.05 bits per heavy atom. The van der Waals surface area contributed by atoms with Gasteiger partial charge in [-0.25, -0.2) is 8.42 Å². The standard InChI is InChI=1S/C15H22Cl2O3S/c1-10-6-13(16)7-11(2)14(10)20-8-12(15(3,4)5)9-21(17,18)19/h6-7,12H,8-9H2,1-5H3. The molecule has 1 unspecified atom stereocenters. The summed E-state index contributed by atoms with van der Waals surface area (Å²) in [6.07, 6.45) is 0. The molecule has 0 aliphatic heterocycles. The molecule has 21 heavy (non-hydrogen) atoms. The van der Waals surface area contributed by atoms with Crippen molar-refractivity contribution in [2.24, 2.45) is 11.3 Å². The molecule has 0 saturated heterocycles. The van der Waals surface area contributed by atoms with Crippen molar-refractivity contribution in [2.45, 2.75) is 34.6 Å². The third-order valence-electron chi connectivity index (χ3n) is 3.48. The molecule has 0 heterocycles. The highest BCUT2D eigenvalue weighted by Gasteiger charge is 2.30. The SMILES string of the molecule is Cc1cc(Cl)cc(C)c1OCC(CS(=O)(=O)Cl)C(C)(C)C. The third kappa shape index (κ3) is 6.05. The molecule has 0 spiro atoms. The lowest BCUT2D eigenvalue weighted by Crippen LogP contribution is -2.32. The smallest absolute Gasteiger partial charge is 0.233 e. The van der Waals surface area contributed by atoms with E-state index in [0.717, 1.165) is 16.9 Å². The molecule has 120 valence electrons. The van der Waals surface area contributed by atoms with E-state index in [-0.39, 0.29) is 17.1 Å². The maximum absolute atomic E-state index is 11.4. The summed E-state index contributed by atoms with van der Waals surface area (Å²) in [7, 11) is 1.83. The summed E-state index contributed by atoms with van der Waals surface area (Å²) in [6, 6.07) is 3.66. The van der Waals surface area contributed by atoms with Crippen LogP contribution in [0.25, 0.3) is 0 Å². The Balaban J connectivity index is 2.93. The highest BCUT2D eigenvalue weighted by molar-refractivity contribution is 8.13. The molecule has 0 fully saturated rings. The fourth-order valence-electron chi connectivity index (χ4n) is 2.10. The summed E-state index contributed by atoms with van der Waals surface area (Å²) in [6.45, 7) is 10.1. The van der Waals surface area contributed by atoms with Gasteiger partial charge in [-0.3, -0.25) is 0 Å². The molecule has 1 rings (SSSR count). The number of ether oxygens (including phenoxy) is 1. The molecule has 0 aliphatic carbocycles. The van der Waals surface area contributed by atoms with Crippen LogP contribution in [-0.4, -0.2) is 20.8 Å². The van der Waals surface area contributed by atoms with E-state index >= 15 is 0 Å². The highest BCUT2D eigenvalue weighted by Crippen LogP contribution is 2.32. The first-order valence-electron chi connectivity index (χ1n) is 6.72. The predicted molar refractivity (Wildman–Crippen MR) is 89.0 cm³/mol. The summed E-state index contributed by atoms with van der Waals surface area (Å²) < 4.78 is 28.6. The first-order chi connectivity index (χ1) is 9.40. The average molecular weight is 353 g/mol. The fraction of sp³-hybridized carbons (Fsp3) is 0.600. The second kappa shape index (κ2) is 6.76. The Kier molecular flexibility index (Phi) is 5.99. The van der Waals surface area contributed by atoms with Crippen LogP contribution in [0.3, 0.4) is 0 Å². The zero-order chi connectivity index (χ0) is 16.4. The van der Waals surface area contributed by atoms with Gasteiger partial charge in [0.2, 0.25) is 9.05 Å². The molecule has 0 radical (unpaired) electrons. The largest absolute Gasteiger partial charge is 0.493 e. The zero-order valence-corrected chi connectivity index (χ0v) is 15.4. The van der Waals surface area contributed by atoms with E-state index in [1.165, 1.54) is 0 Å². The van der Waals surface area contributed by atoms with Crippen LogP contribution in [0.5, 0.6) is 5.75 Å². The first-order valence-corrected chi connectivity index (χ1v) is 9.57. The second-order valence-electron chi connectivity index (χ2n) is 6.45. The van der Waals surface area contributed by atoms with Crippen molar-refractivity contribution >= 4 is 31.3 Å². The van der Waals surface area contributed by atoms with E-state index in [4.69, 9.17) is 27.0 Å². The number of rotatable bonds is 5. The minimum Gasteiger partial charge on any atom is -0.493 e. The van der Waals surface area contributed by atoms with Crippen molar-refractivity contribution in [1.29, 1.82) is 0 Å². The van der Waals surface area contributed by atoms with E-state index in [1.807, 2.05) is 46.8 Å². The van der Waals surface area contributed by atoms with Gasteiger partial charge >= 0.3 is 0 Å². The zero-order valence-electron chi connectivity index (χ0n) is 13.0. The van der Waals surface area contributed by atoms with Crippen LogP contribution in [0.1, 0.15) is 31.9 Å². The van der Waals surface area contributed by atoms with Crippen LogP contribution >= 0.6 is 22.3 Å². The normalized spacial score (nSPS) is 14.0. The van der Waals surface area contributed by atoms with Crippen LogP contribution in [0.15, 0.2) is 12.1 Å². The van der Waals surface area contributed by atoms with Crippen LogP contribution in [0.4, 0.5) is 0 Å². The lowest BCUT2D eigenvalue weighted by molar-refractivity contribution is 0.162. The molecular formula is C15H22Cl2O3S. The maximum atomic E-state index is 11.4. The van der Waals surface area contributed by atoms with Gasteiger partial charge in [-0.05, 0) is 42.5 Å². The van der Waals surface area contributed by atoms with Gasteiger partial charge in [-0.1, -0.05) is 32.4 Å². The summed E-state index contributed by atoms with van der Waals surface area (Å²) in [5.41, 5.74) is 1.64. The van der Waals surface area contributed by atoms with Gasteiger partial charge in [0.05, 0.1) is 12.4 Å². The number of benzene rings is 1. The van der Waals surface area contributed by atoms with Crippen LogP contribution in [-0.2, 0) is 9.05 Å². The van der Waals surface area contributed by atoms with Crippen molar-refractivity contribution in [3.05, 3.63) is 28.3 Å². The molecule has 0 N–H and O–H groups in total. The summed E-state index contributed by atoms with van der Waals surface area (Å²) in [4.78, 5) is 0. The topological polar surface area (TPSA) is 43.4 Å². The lowest BCUT2D eigenvalue weighted by Gasteiger charge is -2.30. The average Bonchev–Trinajstić information content (AvgIpc) is 2.22. The number of halogens is 2. The number of aryl methyl sites for hydroxylation is 2. The van der Waals surface area contributed by atoms with Crippen LogP contribution in [0.2, 0.25) is 5.02 Å². The van der Waals surface area contributed by atoms with Crippen LogP contribution in [0, 0.1) is 25.2 Å². The lowest BCUT2D eigenvalue weighted by atomic mass is 9.82. The van der Waals surface area contributed by atoms with E-state index in [9.17, 15) is 8.42 Å². The molecule has 0 amide bonds. The van der Waals surface area contributed by atoms with E-state index in [0.29, 0.717) is 11.6 Å². The molecule has 6 heteroatoms.